The van der Waals surface area contributed by atoms with E-state index in [-0.39, 0.29) is 22.7 Å². The van der Waals surface area contributed by atoms with Crippen LogP contribution in [0.1, 0.15) is 59.3 Å². The summed E-state index contributed by atoms with van der Waals surface area (Å²) in [5.41, 5.74) is 2.20. The van der Waals surface area contributed by atoms with Crippen molar-refractivity contribution < 1.29 is 19.8 Å². The van der Waals surface area contributed by atoms with Crippen molar-refractivity contribution in [1.82, 2.24) is 0 Å². The van der Waals surface area contributed by atoms with Crippen LogP contribution in [0.2, 0.25) is 0 Å². The molecule has 2 N–H and O–H groups in total. The molecule has 0 radical (unpaired) electrons. The van der Waals surface area contributed by atoms with Crippen LogP contribution in [0, 0.1) is 34.5 Å². The predicted octanol–water partition coefficient (Wildman–Crippen LogP) is 3.10. The van der Waals surface area contributed by atoms with Crippen molar-refractivity contribution in [2.45, 2.75) is 71.5 Å². The lowest BCUT2D eigenvalue weighted by Crippen LogP contribution is -2.56. The van der Waals surface area contributed by atoms with Gasteiger partial charge in [-0.15, -0.1) is 0 Å². The Hall–Kier alpha value is -1.20. The minimum Gasteiger partial charge on any atom is -0.399 e. The van der Waals surface area contributed by atoms with Gasteiger partial charge in [-0.05, 0) is 74.2 Å². The fourth-order valence-electron chi connectivity index (χ4n) is 7.28. The van der Waals surface area contributed by atoms with Gasteiger partial charge in [-0.2, -0.15) is 0 Å². The van der Waals surface area contributed by atoms with Crippen molar-refractivity contribution in [2.75, 3.05) is 7.11 Å². The van der Waals surface area contributed by atoms with Crippen LogP contribution in [0.15, 0.2) is 16.8 Å². The molecule has 0 saturated heterocycles. The van der Waals surface area contributed by atoms with Gasteiger partial charge in [0.15, 0.2) is 0 Å². The second kappa shape index (κ2) is 6.41. The van der Waals surface area contributed by atoms with Crippen molar-refractivity contribution in [3.63, 3.8) is 0 Å². The zero-order chi connectivity index (χ0) is 19.6. The van der Waals surface area contributed by atoms with E-state index >= 15 is 0 Å². The number of rotatable bonds is 2. The molecule has 0 heterocycles. The number of carbonyl (C=O) groups excluding carboxylic acids is 1. The maximum absolute atomic E-state index is 12.3. The van der Waals surface area contributed by atoms with E-state index in [1.54, 1.807) is 14.0 Å². The third kappa shape index (κ3) is 2.65. The molecule has 150 valence electrons. The largest absolute Gasteiger partial charge is 0.399 e. The van der Waals surface area contributed by atoms with Crippen LogP contribution in [0.25, 0.3) is 0 Å². The minimum absolute atomic E-state index is 0.0301. The molecule has 0 aromatic heterocycles. The first-order valence-electron chi connectivity index (χ1n) is 10.4. The van der Waals surface area contributed by atoms with Gasteiger partial charge in [0.1, 0.15) is 12.9 Å². The summed E-state index contributed by atoms with van der Waals surface area (Å²) in [5, 5.41) is 25.1. The van der Waals surface area contributed by atoms with Crippen molar-refractivity contribution in [2.24, 2.45) is 39.7 Å². The van der Waals surface area contributed by atoms with Crippen molar-refractivity contribution in [3.05, 3.63) is 11.6 Å². The van der Waals surface area contributed by atoms with Crippen LogP contribution in [0.4, 0.5) is 0 Å². The van der Waals surface area contributed by atoms with Gasteiger partial charge in [-0.1, -0.05) is 24.6 Å². The lowest BCUT2D eigenvalue weighted by atomic mass is 9.47. The summed E-state index contributed by atoms with van der Waals surface area (Å²) < 4.78 is 0. The summed E-state index contributed by atoms with van der Waals surface area (Å²) in [6.07, 6.45) is 6.06. The van der Waals surface area contributed by atoms with E-state index in [0.29, 0.717) is 30.5 Å². The minimum atomic E-state index is -0.706. The highest BCUT2D eigenvalue weighted by atomic mass is 16.6. The summed E-state index contributed by atoms with van der Waals surface area (Å²) in [6, 6.07) is 0. The van der Waals surface area contributed by atoms with E-state index in [9.17, 15) is 15.0 Å². The van der Waals surface area contributed by atoms with E-state index in [2.05, 4.69) is 25.1 Å². The maximum atomic E-state index is 12.3. The smallest absolute Gasteiger partial charge is 0.133 e. The lowest BCUT2D eigenvalue weighted by Gasteiger charge is -2.57. The first-order chi connectivity index (χ1) is 12.7. The molecule has 2 unspecified atom stereocenters. The second-order valence-electron chi connectivity index (χ2n) is 9.87. The van der Waals surface area contributed by atoms with Gasteiger partial charge in [-0.25, -0.2) is 0 Å². The van der Waals surface area contributed by atoms with Crippen LogP contribution in [0.5, 0.6) is 0 Å². The number of carbonyl (C=O) groups is 1. The number of hydrogen-bond donors (Lipinski definition) is 2. The van der Waals surface area contributed by atoms with Crippen molar-refractivity contribution in [1.29, 1.82) is 0 Å². The Balaban J connectivity index is 1.79. The summed E-state index contributed by atoms with van der Waals surface area (Å²) >= 11 is 0. The molecule has 4 aliphatic carbocycles. The third-order valence-corrected chi connectivity index (χ3v) is 8.63. The topological polar surface area (TPSA) is 79.1 Å². The fraction of sp³-hybridized carbons (Fsp3) is 0.818. The molecule has 4 rings (SSSR count). The molecule has 0 spiro atoms. The monoisotopic (exact) mass is 375 g/mol. The first kappa shape index (κ1) is 19.1. The summed E-state index contributed by atoms with van der Waals surface area (Å²) in [7, 11) is 1.56. The molecule has 3 saturated carbocycles. The highest BCUT2D eigenvalue weighted by Gasteiger charge is 2.60. The number of oxime groups is 1. The molecule has 27 heavy (non-hydrogen) atoms. The highest BCUT2D eigenvalue weighted by molar-refractivity contribution is 5.99. The number of allylic oxidation sites excluding steroid dienone is 2. The zero-order valence-electron chi connectivity index (χ0n) is 16.9. The van der Waals surface area contributed by atoms with Crippen molar-refractivity contribution >= 4 is 11.5 Å². The van der Waals surface area contributed by atoms with E-state index in [0.717, 1.165) is 31.4 Å². The number of aliphatic hydroxyl groups excluding tert-OH is 2. The molecule has 3 fully saturated rings. The highest BCUT2D eigenvalue weighted by Crippen LogP contribution is 2.65. The molecule has 0 aliphatic heterocycles. The van der Waals surface area contributed by atoms with Gasteiger partial charge in [0.2, 0.25) is 0 Å². The zero-order valence-corrected chi connectivity index (χ0v) is 16.9. The van der Waals surface area contributed by atoms with Crippen molar-refractivity contribution in [3.8, 4) is 0 Å². The van der Waals surface area contributed by atoms with Gasteiger partial charge >= 0.3 is 0 Å². The maximum Gasteiger partial charge on any atom is 0.133 e. The molecule has 4 aliphatic rings. The molecule has 0 aromatic carbocycles. The quantitative estimate of drug-likeness (QED) is 0.727. The summed E-state index contributed by atoms with van der Waals surface area (Å²) in [4.78, 5) is 17.4. The molecule has 8 atom stereocenters. The number of ketones is 1. The predicted molar refractivity (Wildman–Crippen MR) is 103 cm³/mol. The van der Waals surface area contributed by atoms with Crippen LogP contribution >= 0.6 is 0 Å². The normalized spacial score (nSPS) is 50.4. The van der Waals surface area contributed by atoms with Crippen LogP contribution < -0.4 is 0 Å². The van der Waals surface area contributed by atoms with E-state index in [1.807, 2.05) is 0 Å². The Labute approximate surface area is 161 Å². The Bertz CT molecular complexity index is 700. The summed E-state index contributed by atoms with van der Waals surface area (Å²) in [6.45, 7) is 6.30. The average molecular weight is 376 g/mol. The molecule has 5 heteroatoms. The Morgan fingerprint density at radius 2 is 1.81 bits per heavy atom. The standard InChI is InChI=1S/C22H33NO4/c1-12(24)14-5-6-15-13-9-18(23-27-4)17-10-19(25)20(26)11-22(17,3)16(13)7-8-21(14,15)2/h9,14-17,19-20,25-26H,5-8,10-11H2,1-4H3/b23-18+/t14-,15?,16?,17+,19-,20+,21-,22-/m1/s1. The third-order valence-electron chi connectivity index (χ3n) is 8.63. The Morgan fingerprint density at radius 1 is 1.11 bits per heavy atom. The summed E-state index contributed by atoms with van der Waals surface area (Å²) in [5.74, 6) is 1.34. The number of hydrogen-bond acceptors (Lipinski definition) is 5. The molecule has 0 amide bonds. The number of Topliss-reactive ketones (excluding diaryl/α,β-unsaturated/α-hetero) is 1. The number of fused-ring (bicyclic) bond motifs is 5. The van der Waals surface area contributed by atoms with Crippen LogP contribution in [-0.4, -0.2) is 41.0 Å². The Morgan fingerprint density at radius 3 is 2.48 bits per heavy atom. The van der Waals surface area contributed by atoms with Gasteiger partial charge in [0.05, 0.1) is 17.9 Å². The molecule has 0 aromatic rings. The van der Waals surface area contributed by atoms with E-state index < -0.39 is 12.2 Å². The molecule has 0 bridgehead atoms. The van der Waals surface area contributed by atoms with Gasteiger partial charge in [0, 0.05) is 11.8 Å². The van der Waals surface area contributed by atoms with Gasteiger partial charge in [-0.3, -0.25) is 4.79 Å². The SMILES string of the molecule is CO/N=C1\C=C2C3CC[C@H](C(C)=O)[C@@]3(C)CCC2[C@@]2(C)C[C@H](O)[C@H](O)C[C@@H]12. The van der Waals surface area contributed by atoms with E-state index in [1.165, 1.54) is 5.57 Å². The Kier molecular flexibility index (Phi) is 4.54. The average Bonchev–Trinajstić information content (AvgIpc) is 2.95. The van der Waals surface area contributed by atoms with E-state index in [4.69, 9.17) is 4.84 Å². The first-order valence-corrected chi connectivity index (χ1v) is 10.4. The van der Waals surface area contributed by atoms with Gasteiger partial charge in [0.25, 0.3) is 0 Å². The second-order valence-corrected chi connectivity index (χ2v) is 9.87. The fourth-order valence-corrected chi connectivity index (χ4v) is 7.28. The van der Waals surface area contributed by atoms with Gasteiger partial charge < -0.3 is 15.1 Å². The number of aliphatic hydroxyl groups is 2. The molecular formula is C22H33NO4. The number of nitrogens with zero attached hydrogens (tertiary/aromatic N) is 1. The van der Waals surface area contributed by atoms with Crippen LogP contribution in [-0.2, 0) is 9.63 Å². The van der Waals surface area contributed by atoms with Crippen LogP contribution in [0.3, 0.4) is 0 Å². The molecular weight excluding hydrogens is 342 g/mol. The lowest BCUT2D eigenvalue weighted by molar-refractivity contribution is -0.125. The molecule has 5 nitrogen and oxygen atoms in total.